The van der Waals surface area contributed by atoms with Gasteiger partial charge < -0.3 is 15.0 Å². The minimum atomic E-state index is -4.60. The fourth-order valence-electron chi connectivity index (χ4n) is 6.08. The Labute approximate surface area is 247 Å². The molecular weight excluding hydrogens is 557 g/mol. The molecule has 2 aliphatic rings. The van der Waals surface area contributed by atoms with E-state index in [4.69, 9.17) is 9.84 Å². The molecule has 0 aliphatic carbocycles. The predicted octanol–water partition coefficient (Wildman–Crippen LogP) is 6.47. The Morgan fingerprint density at radius 2 is 1.53 bits per heavy atom. The first kappa shape index (κ1) is 28.7. The average molecular weight is 591 g/mol. The number of carbonyl (C=O) groups excluding carboxylic acids is 1. The summed E-state index contributed by atoms with van der Waals surface area (Å²) in [6.45, 7) is 4.98. The second kappa shape index (κ2) is 11.7. The zero-order chi connectivity index (χ0) is 30.1. The van der Waals surface area contributed by atoms with Crippen LogP contribution in [0.3, 0.4) is 0 Å². The second-order valence-corrected chi connectivity index (χ2v) is 11.3. The first-order valence-electron chi connectivity index (χ1n) is 14.5. The Balaban J connectivity index is 1.38. The maximum Gasteiger partial charge on any atom is 0.396 e. The highest BCUT2D eigenvalue weighted by molar-refractivity contribution is 5.94. The topological polar surface area (TPSA) is 85.2 Å². The van der Waals surface area contributed by atoms with E-state index < -0.39 is 30.5 Å². The fourth-order valence-corrected chi connectivity index (χ4v) is 6.08. The van der Waals surface area contributed by atoms with E-state index in [0.717, 1.165) is 11.1 Å². The van der Waals surface area contributed by atoms with E-state index in [9.17, 15) is 18.0 Å². The third-order valence-electron chi connectivity index (χ3n) is 8.03. The van der Waals surface area contributed by atoms with E-state index in [0.29, 0.717) is 43.3 Å². The molecule has 2 aliphatic heterocycles. The highest BCUT2D eigenvalue weighted by Crippen LogP contribution is 2.49. The monoisotopic (exact) mass is 590 g/mol. The molecule has 11 heteroatoms. The van der Waals surface area contributed by atoms with Crippen molar-refractivity contribution in [1.29, 1.82) is 0 Å². The number of benzene rings is 2. The average Bonchev–Trinajstić information content (AvgIpc) is 3.36. The summed E-state index contributed by atoms with van der Waals surface area (Å²) in [5, 5.41) is 16.2. The molecule has 1 atom stereocenters. The van der Waals surface area contributed by atoms with Crippen molar-refractivity contribution < 1.29 is 22.7 Å². The molecule has 8 nitrogen and oxygen atoms in total. The van der Waals surface area contributed by atoms with E-state index in [-0.39, 0.29) is 23.4 Å². The molecule has 1 N–H and O–H groups in total. The highest BCUT2D eigenvalue weighted by atomic mass is 19.4. The number of rotatable bonds is 7. The van der Waals surface area contributed by atoms with Crippen molar-refractivity contribution in [3.05, 3.63) is 95.2 Å². The molecule has 0 saturated carbocycles. The Hall–Kier alpha value is -4.41. The maximum absolute atomic E-state index is 14.5. The maximum atomic E-state index is 14.5. The molecule has 1 amide bonds. The molecule has 0 spiro atoms. The molecule has 4 aromatic rings. The molecule has 2 aromatic carbocycles. The van der Waals surface area contributed by atoms with Crippen LogP contribution >= 0.6 is 0 Å². The first-order valence-corrected chi connectivity index (χ1v) is 14.5. The van der Waals surface area contributed by atoms with Crippen LogP contribution in [0.1, 0.15) is 73.4 Å². The normalized spacial score (nSPS) is 17.7. The summed E-state index contributed by atoms with van der Waals surface area (Å²) >= 11 is 0. The number of amides is 1. The smallest absolute Gasteiger partial charge is 0.396 e. The Bertz CT molecular complexity index is 1510. The van der Waals surface area contributed by atoms with E-state index in [1.165, 1.54) is 0 Å². The summed E-state index contributed by atoms with van der Waals surface area (Å²) in [4.78, 5) is 14.8. The molecule has 43 heavy (non-hydrogen) atoms. The highest BCUT2D eigenvalue weighted by Gasteiger charge is 2.49. The number of alkyl halides is 3. The summed E-state index contributed by atoms with van der Waals surface area (Å²) in [5.74, 6) is -1.56. The molecule has 1 fully saturated rings. The van der Waals surface area contributed by atoms with Gasteiger partial charge in [-0.1, -0.05) is 60.7 Å². The van der Waals surface area contributed by atoms with Crippen LogP contribution in [0.5, 0.6) is 5.88 Å². The van der Waals surface area contributed by atoms with Gasteiger partial charge in [-0.2, -0.15) is 18.3 Å². The van der Waals surface area contributed by atoms with Crippen LogP contribution in [-0.2, 0) is 4.79 Å². The van der Waals surface area contributed by atoms with Crippen molar-refractivity contribution in [2.24, 2.45) is 0 Å². The number of ether oxygens (including phenoxy) is 1. The van der Waals surface area contributed by atoms with Crippen molar-refractivity contribution in [3.8, 4) is 5.88 Å². The number of piperidine rings is 1. The third-order valence-corrected chi connectivity index (χ3v) is 8.03. The van der Waals surface area contributed by atoms with E-state index >= 15 is 0 Å². The van der Waals surface area contributed by atoms with Crippen LogP contribution in [0.2, 0.25) is 0 Å². The van der Waals surface area contributed by atoms with Crippen LogP contribution in [0.4, 0.5) is 24.8 Å². The number of aromatic nitrogens is 4. The predicted molar refractivity (Wildman–Crippen MR) is 156 cm³/mol. The summed E-state index contributed by atoms with van der Waals surface area (Å²) in [6, 6.07) is 22.1. The lowest BCUT2D eigenvalue weighted by molar-refractivity contribution is -0.157. The summed E-state index contributed by atoms with van der Waals surface area (Å²) in [5.41, 5.74) is 2.19. The van der Waals surface area contributed by atoms with Gasteiger partial charge in [0.15, 0.2) is 5.82 Å². The van der Waals surface area contributed by atoms with Crippen molar-refractivity contribution in [1.82, 2.24) is 20.0 Å². The first-order chi connectivity index (χ1) is 20.7. The zero-order valence-electron chi connectivity index (χ0n) is 24.0. The number of fused-ring (bicyclic) bond motifs is 1. The third kappa shape index (κ3) is 5.93. The lowest BCUT2D eigenvalue weighted by Gasteiger charge is -2.33. The second-order valence-electron chi connectivity index (χ2n) is 11.3. The standard InChI is InChI=1S/C32H33F3N6O2/c1-20(2)43-27-14-13-25(37-38-27)40-17-15-21(16-18-40)29-28-24(32(33,34)35)19-26(42)36-31(28)41(39-29)30(22-9-5-3-6-10-22)23-11-7-4-8-12-23/h3-14,20-21,24,30H,15-19H2,1-2H3,(H,36,42). The Morgan fingerprint density at radius 3 is 2.07 bits per heavy atom. The Kier molecular flexibility index (Phi) is 7.81. The lowest BCUT2D eigenvalue weighted by atomic mass is 9.84. The molecule has 1 unspecified atom stereocenters. The summed E-state index contributed by atoms with van der Waals surface area (Å²) < 4.78 is 50.8. The van der Waals surface area contributed by atoms with Gasteiger partial charge in [0.25, 0.3) is 0 Å². The Morgan fingerprint density at radius 1 is 0.907 bits per heavy atom. The van der Waals surface area contributed by atoms with Crippen LogP contribution in [0.15, 0.2) is 72.8 Å². The fraction of sp³-hybridized carbons (Fsp3) is 0.375. The van der Waals surface area contributed by atoms with Gasteiger partial charge in [-0.05, 0) is 43.9 Å². The van der Waals surface area contributed by atoms with E-state index in [2.05, 4.69) is 20.4 Å². The molecule has 4 heterocycles. The van der Waals surface area contributed by atoms with Crippen molar-refractivity contribution in [2.45, 2.75) is 63.3 Å². The van der Waals surface area contributed by atoms with Crippen LogP contribution in [-0.4, -0.2) is 51.3 Å². The minimum Gasteiger partial charge on any atom is -0.474 e. The van der Waals surface area contributed by atoms with E-state index in [1.807, 2.05) is 80.6 Å². The van der Waals surface area contributed by atoms with Gasteiger partial charge in [-0.15, -0.1) is 10.2 Å². The van der Waals surface area contributed by atoms with Gasteiger partial charge in [0.2, 0.25) is 11.8 Å². The molecule has 1 saturated heterocycles. The van der Waals surface area contributed by atoms with Gasteiger partial charge in [0.05, 0.1) is 17.7 Å². The van der Waals surface area contributed by atoms with Crippen molar-refractivity contribution in [3.63, 3.8) is 0 Å². The molecule has 2 aromatic heterocycles. The van der Waals surface area contributed by atoms with Gasteiger partial charge in [-0.3, -0.25) is 4.79 Å². The molecular formula is C32H33F3N6O2. The molecule has 6 rings (SSSR count). The zero-order valence-corrected chi connectivity index (χ0v) is 24.0. The van der Waals surface area contributed by atoms with Crippen LogP contribution < -0.4 is 15.0 Å². The minimum absolute atomic E-state index is 0.0182. The number of nitrogens with zero attached hydrogens (tertiary/aromatic N) is 5. The number of hydrogen-bond acceptors (Lipinski definition) is 6. The lowest BCUT2D eigenvalue weighted by Crippen LogP contribution is -2.35. The van der Waals surface area contributed by atoms with Crippen LogP contribution in [0, 0.1) is 0 Å². The summed E-state index contributed by atoms with van der Waals surface area (Å²) in [7, 11) is 0. The summed E-state index contributed by atoms with van der Waals surface area (Å²) in [6.07, 6.45) is -4.11. The number of hydrogen-bond donors (Lipinski definition) is 1. The number of carbonyl (C=O) groups is 1. The molecule has 224 valence electrons. The van der Waals surface area contributed by atoms with Crippen molar-refractivity contribution in [2.75, 3.05) is 23.3 Å². The number of nitrogens with one attached hydrogen (secondary N) is 1. The molecule has 0 bridgehead atoms. The van der Waals surface area contributed by atoms with Gasteiger partial charge in [0.1, 0.15) is 11.9 Å². The quantitative estimate of drug-likeness (QED) is 0.266. The van der Waals surface area contributed by atoms with Gasteiger partial charge in [0, 0.05) is 37.1 Å². The molecule has 0 radical (unpaired) electrons. The number of anilines is 2. The van der Waals surface area contributed by atoms with Gasteiger partial charge in [-0.25, -0.2) is 4.68 Å². The largest absolute Gasteiger partial charge is 0.474 e. The van der Waals surface area contributed by atoms with E-state index in [1.54, 1.807) is 10.7 Å². The van der Waals surface area contributed by atoms with Gasteiger partial charge >= 0.3 is 6.18 Å². The number of halogens is 3. The van der Waals surface area contributed by atoms with Crippen molar-refractivity contribution >= 4 is 17.5 Å². The SMILES string of the molecule is CC(C)Oc1ccc(N2CCC(c3nn(C(c4ccccc4)c4ccccc4)c4c3C(C(F)(F)F)CC(=O)N4)CC2)nn1. The van der Waals surface area contributed by atoms with Crippen LogP contribution in [0.25, 0.3) is 0 Å².